The van der Waals surface area contributed by atoms with Gasteiger partial charge in [0.2, 0.25) is 0 Å². The Hall–Kier alpha value is -2.91. The van der Waals surface area contributed by atoms with Gasteiger partial charge in [-0.1, -0.05) is 96.2 Å². The van der Waals surface area contributed by atoms with E-state index in [0.29, 0.717) is 26.4 Å². The van der Waals surface area contributed by atoms with E-state index in [1.165, 1.54) is 11.8 Å². The molecule has 1 atom stereocenters. The maximum absolute atomic E-state index is 12.7. The molecule has 0 fully saturated rings. The predicted molar refractivity (Wildman–Crippen MR) is 134 cm³/mol. The molecule has 0 aliphatic rings. The van der Waals surface area contributed by atoms with Gasteiger partial charge in [0, 0.05) is 32.7 Å². The molecule has 0 N–H and O–H groups in total. The average molecular weight is 475 g/mol. The second kappa shape index (κ2) is 10.6. The molecule has 0 aliphatic carbocycles. The lowest BCUT2D eigenvalue weighted by Gasteiger charge is -2.12. The number of thioether (sulfide) groups is 1. The van der Waals surface area contributed by atoms with Gasteiger partial charge < -0.3 is 0 Å². The summed E-state index contributed by atoms with van der Waals surface area (Å²) in [6.07, 6.45) is 0. The minimum absolute atomic E-state index is 0.344. The fourth-order valence-electron chi connectivity index (χ4n) is 3.27. The fraction of sp³-hybridized carbons (Fsp3) is 0.0769. The standard InChI is InChI=1S/C26H19ClN2OS2/c27-22-13-11-19(12-14-22)17-32(30)18-31-26-24(16-28)23(20-7-3-1-4-8-20)15-25(29-26)21-9-5-2-6-10-21/h1-15H,17-18H2/t32-/m0/s1. The van der Waals surface area contributed by atoms with Crippen LogP contribution in [-0.4, -0.2) is 14.3 Å². The molecule has 1 heterocycles. The van der Waals surface area contributed by atoms with Gasteiger partial charge in [-0.25, -0.2) is 4.98 Å². The number of rotatable bonds is 7. The van der Waals surface area contributed by atoms with Crippen molar-refractivity contribution < 1.29 is 4.21 Å². The van der Waals surface area contributed by atoms with Gasteiger partial charge in [-0.3, -0.25) is 4.21 Å². The topological polar surface area (TPSA) is 53.8 Å². The summed E-state index contributed by atoms with van der Waals surface area (Å²) in [5.74, 6) is 0.427. The van der Waals surface area contributed by atoms with E-state index in [0.717, 1.165) is 27.9 Å². The van der Waals surface area contributed by atoms with Crippen LogP contribution >= 0.6 is 23.4 Å². The highest BCUT2D eigenvalue weighted by Gasteiger charge is 2.16. The van der Waals surface area contributed by atoms with Crippen molar-refractivity contribution in [1.82, 2.24) is 4.98 Å². The van der Waals surface area contributed by atoms with Crippen LogP contribution in [0.25, 0.3) is 22.4 Å². The Kier molecular flexibility index (Phi) is 7.39. The Morgan fingerprint density at radius 1 is 0.906 bits per heavy atom. The third-order valence-electron chi connectivity index (χ3n) is 4.82. The molecule has 0 radical (unpaired) electrons. The molecule has 0 bridgehead atoms. The average Bonchev–Trinajstić information content (AvgIpc) is 2.84. The van der Waals surface area contributed by atoms with Crippen molar-refractivity contribution in [2.75, 3.05) is 5.08 Å². The number of hydrogen-bond donors (Lipinski definition) is 0. The van der Waals surface area contributed by atoms with Crippen LogP contribution in [0.2, 0.25) is 5.02 Å². The van der Waals surface area contributed by atoms with E-state index >= 15 is 0 Å². The lowest BCUT2D eigenvalue weighted by Crippen LogP contribution is -2.01. The predicted octanol–water partition coefficient (Wildman–Crippen LogP) is 6.94. The quantitative estimate of drug-likeness (QED) is 0.272. The van der Waals surface area contributed by atoms with Gasteiger partial charge in [-0.05, 0) is 29.3 Å². The van der Waals surface area contributed by atoms with Gasteiger partial charge in [0.05, 0.1) is 16.3 Å². The van der Waals surface area contributed by atoms with Gasteiger partial charge in [-0.2, -0.15) is 5.26 Å². The van der Waals surface area contributed by atoms with Crippen LogP contribution in [0.5, 0.6) is 0 Å². The summed E-state index contributed by atoms with van der Waals surface area (Å²) in [6.45, 7) is 0. The number of pyridine rings is 1. The van der Waals surface area contributed by atoms with Crippen molar-refractivity contribution in [2.24, 2.45) is 0 Å². The molecule has 0 unspecified atom stereocenters. The van der Waals surface area contributed by atoms with Crippen molar-refractivity contribution in [2.45, 2.75) is 10.8 Å². The number of benzene rings is 3. The zero-order valence-corrected chi connectivity index (χ0v) is 19.5. The molecule has 158 valence electrons. The maximum atomic E-state index is 12.7. The monoisotopic (exact) mass is 474 g/mol. The minimum atomic E-state index is -1.12. The number of hydrogen-bond acceptors (Lipinski definition) is 4. The van der Waals surface area contributed by atoms with Crippen LogP contribution < -0.4 is 0 Å². The van der Waals surface area contributed by atoms with Crippen molar-refractivity contribution in [3.05, 3.63) is 107 Å². The summed E-state index contributed by atoms with van der Waals surface area (Å²) in [5.41, 5.74) is 5.00. The van der Waals surface area contributed by atoms with Gasteiger partial charge in [-0.15, -0.1) is 0 Å². The van der Waals surface area contributed by atoms with Gasteiger partial charge in [0.1, 0.15) is 11.1 Å². The summed E-state index contributed by atoms with van der Waals surface area (Å²) in [4.78, 5) is 4.78. The van der Waals surface area contributed by atoms with Crippen LogP contribution in [0, 0.1) is 11.3 Å². The smallest absolute Gasteiger partial charge is 0.116 e. The first-order valence-electron chi connectivity index (χ1n) is 9.92. The molecule has 6 heteroatoms. The molecule has 4 aromatic rings. The van der Waals surface area contributed by atoms with Gasteiger partial charge >= 0.3 is 0 Å². The van der Waals surface area contributed by atoms with Crippen LogP contribution in [0.3, 0.4) is 0 Å². The van der Waals surface area contributed by atoms with E-state index in [1.54, 1.807) is 12.1 Å². The number of nitriles is 1. The molecule has 3 nitrogen and oxygen atoms in total. The third-order valence-corrected chi connectivity index (χ3v) is 7.82. The van der Waals surface area contributed by atoms with Crippen molar-refractivity contribution in [3.8, 4) is 28.5 Å². The molecule has 0 amide bonds. The lowest BCUT2D eigenvalue weighted by atomic mass is 9.99. The molecule has 0 saturated carbocycles. The normalized spacial score (nSPS) is 11.6. The van der Waals surface area contributed by atoms with Crippen LogP contribution in [0.15, 0.2) is 96.0 Å². The summed E-state index contributed by atoms with van der Waals surface area (Å²) in [6, 6.07) is 31.3. The Balaban J connectivity index is 1.66. The molecule has 1 aromatic heterocycles. The van der Waals surface area contributed by atoms with Crippen LogP contribution in [0.1, 0.15) is 11.1 Å². The SMILES string of the molecule is N#Cc1c(-c2ccccc2)cc(-c2ccccc2)nc1SC[S@@](=O)Cc1ccc(Cl)cc1. The van der Waals surface area contributed by atoms with E-state index in [1.807, 2.05) is 78.9 Å². The highest BCUT2D eigenvalue weighted by atomic mass is 35.5. The minimum Gasteiger partial charge on any atom is -0.258 e. The number of aromatic nitrogens is 1. The van der Waals surface area contributed by atoms with Gasteiger partial charge in [0.15, 0.2) is 0 Å². The molecule has 0 saturated heterocycles. The van der Waals surface area contributed by atoms with E-state index in [4.69, 9.17) is 16.6 Å². The summed E-state index contributed by atoms with van der Waals surface area (Å²) in [5, 5.41) is 11.6. The molecule has 3 aromatic carbocycles. The van der Waals surface area contributed by atoms with Crippen molar-refractivity contribution in [3.63, 3.8) is 0 Å². The fourth-order valence-corrected chi connectivity index (χ4v) is 5.72. The van der Waals surface area contributed by atoms with Crippen molar-refractivity contribution in [1.29, 1.82) is 5.26 Å². The van der Waals surface area contributed by atoms with E-state index in [9.17, 15) is 9.47 Å². The number of nitrogens with zero attached hydrogens (tertiary/aromatic N) is 2. The molecule has 32 heavy (non-hydrogen) atoms. The zero-order valence-electron chi connectivity index (χ0n) is 17.1. The summed E-state index contributed by atoms with van der Waals surface area (Å²) in [7, 11) is -1.12. The molecule has 0 spiro atoms. The zero-order chi connectivity index (χ0) is 22.3. The molecular weight excluding hydrogens is 456 g/mol. The summed E-state index contributed by atoms with van der Waals surface area (Å²) >= 11 is 7.29. The van der Waals surface area contributed by atoms with Crippen molar-refractivity contribution >= 4 is 34.2 Å². The second-order valence-corrected chi connectivity index (χ2v) is 10.3. The summed E-state index contributed by atoms with van der Waals surface area (Å²) < 4.78 is 12.7. The molecular formula is C26H19ClN2OS2. The maximum Gasteiger partial charge on any atom is 0.116 e. The Bertz CT molecular complexity index is 1270. The van der Waals surface area contributed by atoms with Gasteiger partial charge in [0.25, 0.3) is 0 Å². The second-order valence-electron chi connectivity index (χ2n) is 7.05. The highest BCUT2D eigenvalue weighted by Crippen LogP contribution is 2.34. The Labute approximate surface area is 199 Å². The molecule has 4 rings (SSSR count). The largest absolute Gasteiger partial charge is 0.258 e. The Morgan fingerprint density at radius 3 is 2.16 bits per heavy atom. The lowest BCUT2D eigenvalue weighted by molar-refractivity contribution is 0.685. The van der Waals surface area contributed by atoms with E-state index in [2.05, 4.69) is 6.07 Å². The first-order chi connectivity index (χ1) is 15.6. The van der Waals surface area contributed by atoms with Crippen LogP contribution in [0.4, 0.5) is 0 Å². The number of halogens is 1. The first-order valence-corrected chi connectivity index (χ1v) is 12.8. The Morgan fingerprint density at radius 2 is 1.53 bits per heavy atom. The van der Waals surface area contributed by atoms with Crippen LogP contribution in [-0.2, 0) is 16.6 Å². The molecule has 0 aliphatic heterocycles. The van der Waals surface area contributed by atoms with E-state index in [-0.39, 0.29) is 0 Å². The third kappa shape index (κ3) is 5.46. The first kappa shape index (κ1) is 22.3. The highest BCUT2D eigenvalue weighted by molar-refractivity contribution is 8.10. The van der Waals surface area contributed by atoms with E-state index < -0.39 is 10.8 Å².